The highest BCUT2D eigenvalue weighted by molar-refractivity contribution is 5.78. The summed E-state index contributed by atoms with van der Waals surface area (Å²) in [6, 6.07) is 0.251. The largest absolute Gasteiger partial charge is 0.353 e. The van der Waals surface area contributed by atoms with Crippen LogP contribution in [0.25, 0.3) is 0 Å². The first-order chi connectivity index (χ1) is 11.0. The zero-order valence-electron chi connectivity index (χ0n) is 16.7. The van der Waals surface area contributed by atoms with Crippen molar-refractivity contribution in [1.82, 2.24) is 10.2 Å². The number of carbonyl (C=O) groups excluding carboxylic acids is 1. The summed E-state index contributed by atoms with van der Waals surface area (Å²) in [5, 5.41) is 2.98. The Morgan fingerprint density at radius 1 is 1.04 bits per heavy atom. The van der Waals surface area contributed by atoms with Crippen LogP contribution in [0.5, 0.6) is 0 Å². The Labute approximate surface area is 145 Å². The van der Waals surface area contributed by atoms with E-state index >= 15 is 0 Å². The molecule has 0 aliphatic carbocycles. The number of likely N-dealkylation sites (tertiary alicyclic amines) is 1. The van der Waals surface area contributed by atoms with E-state index in [0.29, 0.717) is 6.54 Å². The van der Waals surface area contributed by atoms with E-state index in [1.807, 2.05) is 27.7 Å². The molecular formula is C20H42N2O. The van der Waals surface area contributed by atoms with Crippen LogP contribution >= 0.6 is 0 Å². The van der Waals surface area contributed by atoms with Gasteiger partial charge in [0.25, 0.3) is 0 Å². The third-order valence-electron chi connectivity index (χ3n) is 4.42. The van der Waals surface area contributed by atoms with Gasteiger partial charge < -0.3 is 5.32 Å². The van der Waals surface area contributed by atoms with Crippen LogP contribution in [0.3, 0.4) is 0 Å². The van der Waals surface area contributed by atoms with Gasteiger partial charge in [0.15, 0.2) is 0 Å². The summed E-state index contributed by atoms with van der Waals surface area (Å²) in [5.74, 6) is 1.93. The summed E-state index contributed by atoms with van der Waals surface area (Å²) in [4.78, 5) is 14.1. The van der Waals surface area contributed by atoms with E-state index in [2.05, 4.69) is 24.1 Å². The van der Waals surface area contributed by atoms with Gasteiger partial charge in [-0.3, -0.25) is 9.69 Å². The Balaban J connectivity index is 0.00000232. The smallest absolute Gasteiger partial charge is 0.234 e. The molecule has 1 aliphatic heterocycles. The molecule has 1 amide bonds. The molecule has 1 aliphatic rings. The number of nitrogens with one attached hydrogen (secondary N) is 1. The highest BCUT2D eigenvalue weighted by atomic mass is 16.2. The van der Waals surface area contributed by atoms with E-state index in [4.69, 9.17) is 0 Å². The van der Waals surface area contributed by atoms with Crippen molar-refractivity contribution in [3.63, 3.8) is 0 Å². The van der Waals surface area contributed by atoms with Crippen molar-refractivity contribution in [2.45, 2.75) is 92.5 Å². The normalized spacial score (nSPS) is 16.3. The number of amides is 1. The van der Waals surface area contributed by atoms with E-state index < -0.39 is 0 Å². The number of piperidine rings is 1. The molecule has 0 aromatic rings. The van der Waals surface area contributed by atoms with Crippen LogP contribution in [0.1, 0.15) is 86.5 Å². The Kier molecular flexibility index (Phi) is 13.5. The van der Waals surface area contributed by atoms with Crippen LogP contribution in [0.2, 0.25) is 0 Å². The molecule has 0 aromatic heterocycles. The van der Waals surface area contributed by atoms with Crippen molar-refractivity contribution < 1.29 is 4.79 Å². The molecule has 138 valence electrons. The molecule has 23 heavy (non-hydrogen) atoms. The second-order valence-electron chi connectivity index (χ2n) is 7.47. The first-order valence-corrected chi connectivity index (χ1v) is 9.99. The lowest BCUT2D eigenvalue weighted by atomic mass is 9.91. The van der Waals surface area contributed by atoms with E-state index in [1.54, 1.807) is 0 Å². The Morgan fingerprint density at radius 2 is 1.65 bits per heavy atom. The zero-order chi connectivity index (χ0) is 17.7. The summed E-state index contributed by atoms with van der Waals surface area (Å²) in [7, 11) is 0. The quantitative estimate of drug-likeness (QED) is 0.614. The van der Waals surface area contributed by atoms with Crippen molar-refractivity contribution >= 4 is 5.91 Å². The number of hydrogen-bond donors (Lipinski definition) is 1. The fourth-order valence-electron chi connectivity index (χ4n) is 3.17. The minimum atomic E-state index is 0.178. The van der Waals surface area contributed by atoms with Crippen molar-refractivity contribution in [2.24, 2.45) is 11.8 Å². The first-order valence-electron chi connectivity index (χ1n) is 9.99. The summed E-state index contributed by atoms with van der Waals surface area (Å²) < 4.78 is 0. The molecular weight excluding hydrogens is 284 g/mol. The SMILES string of the molecule is CC.CC(C)CCCCCC1CCN(CC(=O)NC(C)C)CC1. The minimum Gasteiger partial charge on any atom is -0.353 e. The molecule has 1 heterocycles. The second-order valence-corrected chi connectivity index (χ2v) is 7.47. The Morgan fingerprint density at radius 3 is 2.17 bits per heavy atom. The third-order valence-corrected chi connectivity index (χ3v) is 4.42. The molecule has 0 bridgehead atoms. The molecule has 0 atom stereocenters. The molecule has 1 saturated heterocycles. The predicted octanol–water partition coefficient (Wildman–Crippen LogP) is 4.86. The summed E-state index contributed by atoms with van der Waals surface area (Å²) in [6.07, 6.45) is 9.51. The van der Waals surface area contributed by atoms with Crippen molar-refractivity contribution in [1.29, 1.82) is 0 Å². The van der Waals surface area contributed by atoms with Crippen molar-refractivity contribution in [3.05, 3.63) is 0 Å². The molecule has 3 nitrogen and oxygen atoms in total. The predicted molar refractivity (Wildman–Crippen MR) is 102 cm³/mol. The molecule has 0 radical (unpaired) electrons. The molecule has 0 saturated carbocycles. The first kappa shape index (κ1) is 22.4. The highest BCUT2D eigenvalue weighted by Gasteiger charge is 2.20. The summed E-state index contributed by atoms with van der Waals surface area (Å²) in [5.41, 5.74) is 0. The zero-order valence-corrected chi connectivity index (χ0v) is 16.7. The number of rotatable bonds is 9. The van der Waals surface area contributed by atoms with Gasteiger partial charge in [-0.05, 0) is 51.6 Å². The van der Waals surface area contributed by atoms with Crippen LogP contribution in [-0.2, 0) is 4.79 Å². The fraction of sp³-hybridized carbons (Fsp3) is 0.950. The number of nitrogens with zero attached hydrogens (tertiary/aromatic N) is 1. The molecule has 1 fully saturated rings. The van der Waals surface area contributed by atoms with Gasteiger partial charge in [0.2, 0.25) is 5.91 Å². The number of carbonyl (C=O) groups is 1. The van der Waals surface area contributed by atoms with E-state index in [-0.39, 0.29) is 11.9 Å². The van der Waals surface area contributed by atoms with Crippen molar-refractivity contribution in [3.8, 4) is 0 Å². The maximum absolute atomic E-state index is 11.7. The van der Waals surface area contributed by atoms with Crippen LogP contribution in [0, 0.1) is 11.8 Å². The molecule has 0 spiro atoms. The van der Waals surface area contributed by atoms with E-state index in [1.165, 1.54) is 44.9 Å². The standard InChI is InChI=1S/C18H36N2O.C2H6/c1-15(2)8-6-5-7-9-17-10-12-20(13-11-17)14-18(21)19-16(3)4;1-2/h15-17H,5-14H2,1-4H3,(H,19,21);1-2H3. The topological polar surface area (TPSA) is 32.3 Å². The second kappa shape index (κ2) is 13.8. The van der Waals surface area contributed by atoms with Gasteiger partial charge in [-0.15, -0.1) is 0 Å². The molecule has 0 unspecified atom stereocenters. The maximum Gasteiger partial charge on any atom is 0.234 e. The Bertz CT molecular complexity index is 281. The van der Waals surface area contributed by atoms with E-state index in [0.717, 1.165) is 24.9 Å². The average molecular weight is 327 g/mol. The van der Waals surface area contributed by atoms with E-state index in [9.17, 15) is 4.79 Å². The maximum atomic E-state index is 11.7. The molecule has 1 rings (SSSR count). The third kappa shape index (κ3) is 12.5. The fourth-order valence-corrected chi connectivity index (χ4v) is 3.17. The lowest BCUT2D eigenvalue weighted by Crippen LogP contribution is -2.43. The lowest BCUT2D eigenvalue weighted by molar-refractivity contribution is -0.123. The van der Waals surface area contributed by atoms with Gasteiger partial charge in [0.1, 0.15) is 0 Å². The van der Waals surface area contributed by atoms with Gasteiger partial charge in [-0.1, -0.05) is 59.8 Å². The summed E-state index contributed by atoms with van der Waals surface area (Å²) in [6.45, 7) is 15.4. The average Bonchev–Trinajstić information content (AvgIpc) is 2.49. The van der Waals surface area contributed by atoms with Crippen LogP contribution in [0.15, 0.2) is 0 Å². The monoisotopic (exact) mass is 326 g/mol. The number of hydrogen-bond acceptors (Lipinski definition) is 2. The highest BCUT2D eigenvalue weighted by Crippen LogP contribution is 2.23. The lowest BCUT2D eigenvalue weighted by Gasteiger charge is -2.31. The van der Waals surface area contributed by atoms with Crippen molar-refractivity contribution in [2.75, 3.05) is 19.6 Å². The van der Waals surface area contributed by atoms with Gasteiger partial charge in [-0.25, -0.2) is 0 Å². The number of unbranched alkanes of at least 4 members (excludes halogenated alkanes) is 2. The van der Waals surface area contributed by atoms with Crippen LogP contribution in [-0.4, -0.2) is 36.5 Å². The minimum absolute atomic E-state index is 0.178. The van der Waals surface area contributed by atoms with Gasteiger partial charge in [0.05, 0.1) is 6.54 Å². The Hall–Kier alpha value is -0.570. The molecule has 1 N–H and O–H groups in total. The van der Waals surface area contributed by atoms with Gasteiger partial charge in [0, 0.05) is 6.04 Å². The van der Waals surface area contributed by atoms with Gasteiger partial charge in [-0.2, -0.15) is 0 Å². The van der Waals surface area contributed by atoms with Crippen LogP contribution in [0.4, 0.5) is 0 Å². The molecule has 3 heteroatoms. The van der Waals surface area contributed by atoms with Crippen LogP contribution < -0.4 is 5.32 Å². The summed E-state index contributed by atoms with van der Waals surface area (Å²) >= 11 is 0. The van der Waals surface area contributed by atoms with Gasteiger partial charge >= 0.3 is 0 Å². The molecule has 0 aromatic carbocycles.